The minimum absolute atomic E-state index is 0.118. The maximum Gasteiger partial charge on any atom is 0.295 e. The standard InChI is InChI=1S/C10H9NO3S.H2N3/c11-9-5-1-4-8-7(9)3-2-6-10(8)15(12,13)14;1-3-2/h1-6H,11H2,(H,12,13,14);1-2H/q;+1. The number of nitrogens with two attached hydrogens (primary N) is 1. The van der Waals surface area contributed by atoms with E-state index in [0.717, 1.165) is 0 Å². The summed E-state index contributed by atoms with van der Waals surface area (Å²) in [5.41, 5.74) is 17.2. The molecule has 0 spiro atoms. The fourth-order valence-electron chi connectivity index (χ4n) is 1.53. The summed E-state index contributed by atoms with van der Waals surface area (Å²) >= 11 is 0. The van der Waals surface area contributed by atoms with Gasteiger partial charge in [-0.3, -0.25) is 4.55 Å². The molecule has 0 saturated carbocycles. The molecule has 7 nitrogen and oxygen atoms in total. The van der Waals surface area contributed by atoms with Gasteiger partial charge in [0.05, 0.1) is 0 Å². The van der Waals surface area contributed by atoms with Crippen molar-refractivity contribution >= 4 is 26.6 Å². The average molecular weight is 267 g/mol. The zero-order valence-electron chi connectivity index (χ0n) is 9.16. The summed E-state index contributed by atoms with van der Waals surface area (Å²) in [5, 5.41) is 1.05. The van der Waals surface area contributed by atoms with Gasteiger partial charge >= 0.3 is 0 Å². The summed E-state index contributed by atoms with van der Waals surface area (Å²) in [7, 11) is -4.20. The average Bonchev–Trinajstić information content (AvgIpc) is 2.29. The van der Waals surface area contributed by atoms with Crippen molar-refractivity contribution in [3.05, 3.63) is 36.4 Å². The van der Waals surface area contributed by atoms with E-state index in [1.54, 1.807) is 30.3 Å². The highest BCUT2D eigenvalue weighted by molar-refractivity contribution is 7.86. The molecule has 0 fully saturated rings. The largest absolute Gasteiger partial charge is 0.398 e. The van der Waals surface area contributed by atoms with E-state index in [0.29, 0.717) is 16.5 Å². The molecule has 0 saturated heterocycles. The summed E-state index contributed by atoms with van der Waals surface area (Å²) in [4.78, 5) is 1.88. The lowest BCUT2D eigenvalue weighted by molar-refractivity contribution is 0.484. The third-order valence-electron chi connectivity index (χ3n) is 2.19. The lowest BCUT2D eigenvalue weighted by Gasteiger charge is -2.05. The summed E-state index contributed by atoms with van der Waals surface area (Å²) in [6, 6.07) is 9.52. The van der Waals surface area contributed by atoms with Gasteiger partial charge in [-0.25, -0.2) is 0 Å². The highest BCUT2D eigenvalue weighted by atomic mass is 32.2. The van der Waals surface area contributed by atoms with Crippen LogP contribution in [0.4, 0.5) is 5.69 Å². The molecule has 0 amide bonds. The highest BCUT2D eigenvalue weighted by Gasteiger charge is 2.13. The predicted molar refractivity (Wildman–Crippen MR) is 65.7 cm³/mol. The molecule has 8 heteroatoms. The van der Waals surface area contributed by atoms with E-state index in [1.165, 1.54) is 6.07 Å². The lowest BCUT2D eigenvalue weighted by atomic mass is 10.1. The van der Waals surface area contributed by atoms with Gasteiger partial charge in [-0.2, -0.15) is 8.42 Å². The van der Waals surface area contributed by atoms with Gasteiger partial charge in [0.2, 0.25) is 4.91 Å². The Morgan fingerprint density at radius 1 is 1.06 bits per heavy atom. The van der Waals surface area contributed by atoms with Gasteiger partial charge in [0.25, 0.3) is 10.1 Å². The Labute approximate surface area is 103 Å². The maximum atomic E-state index is 11.1. The van der Waals surface area contributed by atoms with Crippen molar-refractivity contribution in [1.82, 2.24) is 4.91 Å². The SMILES string of the molecule is N=[N+]=N.Nc1cccc2c(S(=O)(=O)O)cccc12. The molecule has 0 aliphatic heterocycles. The zero-order valence-corrected chi connectivity index (χ0v) is 9.98. The fraction of sp³-hybridized carbons (Fsp3) is 0. The quantitative estimate of drug-likeness (QED) is 0.270. The van der Waals surface area contributed by atoms with E-state index in [9.17, 15) is 8.42 Å². The second-order valence-corrected chi connectivity index (χ2v) is 4.68. The van der Waals surface area contributed by atoms with Crippen molar-refractivity contribution in [2.45, 2.75) is 4.90 Å². The van der Waals surface area contributed by atoms with E-state index in [1.807, 2.05) is 4.91 Å². The Morgan fingerprint density at radius 3 is 2.11 bits per heavy atom. The Bertz CT molecular complexity index is 706. The molecule has 5 N–H and O–H groups in total. The first-order chi connectivity index (χ1) is 8.41. The molecule has 0 radical (unpaired) electrons. The van der Waals surface area contributed by atoms with E-state index in [2.05, 4.69) is 0 Å². The van der Waals surface area contributed by atoms with E-state index >= 15 is 0 Å². The Kier molecular flexibility index (Phi) is 4.11. The van der Waals surface area contributed by atoms with Gasteiger partial charge in [0, 0.05) is 16.5 Å². The number of nitrogens with one attached hydrogen (secondary N) is 2. The molecular weight excluding hydrogens is 256 g/mol. The molecule has 2 rings (SSSR count). The van der Waals surface area contributed by atoms with Gasteiger partial charge in [-0.05, 0) is 12.1 Å². The molecule has 0 unspecified atom stereocenters. The Morgan fingerprint density at radius 2 is 1.56 bits per heavy atom. The number of rotatable bonds is 1. The number of hydrogen-bond acceptors (Lipinski definition) is 5. The first-order valence-electron chi connectivity index (χ1n) is 4.69. The number of nitrogens with zero attached hydrogens (tertiary/aromatic N) is 1. The van der Waals surface area contributed by atoms with Crippen molar-refractivity contribution in [2.75, 3.05) is 5.73 Å². The maximum absolute atomic E-state index is 11.1. The lowest BCUT2D eigenvalue weighted by Crippen LogP contribution is -1.99. The van der Waals surface area contributed by atoms with Crippen LogP contribution in [0.5, 0.6) is 0 Å². The predicted octanol–water partition coefficient (Wildman–Crippen LogP) is 1.78. The summed E-state index contributed by atoms with van der Waals surface area (Å²) in [5.74, 6) is 0. The van der Waals surface area contributed by atoms with Gasteiger partial charge in [0.15, 0.2) is 0 Å². The third-order valence-corrected chi connectivity index (χ3v) is 3.11. The summed E-state index contributed by atoms with van der Waals surface area (Å²) in [6.07, 6.45) is 0. The number of nitrogen functional groups attached to an aromatic ring is 1. The second kappa shape index (κ2) is 5.37. The van der Waals surface area contributed by atoms with Crippen LogP contribution in [0.2, 0.25) is 0 Å². The minimum Gasteiger partial charge on any atom is -0.398 e. The smallest absolute Gasteiger partial charge is 0.295 e. The third kappa shape index (κ3) is 2.89. The Hall–Kier alpha value is -2.28. The summed E-state index contributed by atoms with van der Waals surface area (Å²) < 4.78 is 31.2. The Balaban J connectivity index is 0.000000492. The normalized spacial score (nSPS) is 10.3. The van der Waals surface area contributed by atoms with Crippen LogP contribution < -0.4 is 10.6 Å². The van der Waals surface area contributed by atoms with Crippen LogP contribution in [0.15, 0.2) is 41.3 Å². The van der Waals surface area contributed by atoms with Crippen LogP contribution in [-0.2, 0) is 10.1 Å². The number of hydrogen-bond donors (Lipinski definition) is 4. The van der Waals surface area contributed by atoms with Crippen molar-refractivity contribution in [2.24, 2.45) is 0 Å². The van der Waals surface area contributed by atoms with Crippen LogP contribution in [-0.4, -0.2) is 13.0 Å². The van der Waals surface area contributed by atoms with E-state index in [4.69, 9.17) is 21.3 Å². The molecule has 0 aliphatic rings. The first kappa shape index (κ1) is 13.8. The van der Waals surface area contributed by atoms with Crippen molar-refractivity contribution in [1.29, 1.82) is 11.1 Å². The van der Waals surface area contributed by atoms with Crippen LogP contribution in [0.1, 0.15) is 0 Å². The molecule has 2 aromatic carbocycles. The minimum atomic E-state index is -4.20. The monoisotopic (exact) mass is 267 g/mol. The van der Waals surface area contributed by atoms with Crippen LogP contribution in [0.25, 0.3) is 10.8 Å². The van der Waals surface area contributed by atoms with Gasteiger partial charge < -0.3 is 5.73 Å². The topological polar surface area (TPSA) is 142 Å². The van der Waals surface area contributed by atoms with Crippen LogP contribution >= 0.6 is 0 Å². The molecule has 0 bridgehead atoms. The molecule has 0 aliphatic carbocycles. The van der Waals surface area contributed by atoms with Crippen molar-refractivity contribution < 1.29 is 13.0 Å². The molecule has 2 aromatic rings. The molecule has 0 atom stereocenters. The highest BCUT2D eigenvalue weighted by Crippen LogP contribution is 2.26. The van der Waals surface area contributed by atoms with Crippen LogP contribution in [0, 0.1) is 11.1 Å². The molecule has 18 heavy (non-hydrogen) atoms. The fourth-order valence-corrected chi connectivity index (χ4v) is 2.24. The van der Waals surface area contributed by atoms with Crippen molar-refractivity contribution in [3.63, 3.8) is 0 Å². The molecule has 0 aromatic heterocycles. The molecule has 94 valence electrons. The zero-order chi connectivity index (χ0) is 13.8. The number of fused-ring (bicyclic) bond motifs is 1. The van der Waals surface area contributed by atoms with Crippen molar-refractivity contribution in [3.8, 4) is 0 Å². The second-order valence-electron chi connectivity index (χ2n) is 3.29. The molecular formula is C10H11N4O3S+. The van der Waals surface area contributed by atoms with Gasteiger partial charge in [0.1, 0.15) is 16.0 Å². The first-order valence-corrected chi connectivity index (χ1v) is 6.13. The van der Waals surface area contributed by atoms with Crippen LogP contribution in [0.3, 0.4) is 0 Å². The number of benzene rings is 2. The van der Waals surface area contributed by atoms with E-state index in [-0.39, 0.29) is 4.90 Å². The van der Waals surface area contributed by atoms with Gasteiger partial charge in [-0.15, -0.1) is 0 Å². The number of anilines is 1. The summed E-state index contributed by atoms with van der Waals surface area (Å²) in [6.45, 7) is 0. The van der Waals surface area contributed by atoms with E-state index < -0.39 is 10.1 Å². The molecule has 0 heterocycles. The van der Waals surface area contributed by atoms with Gasteiger partial charge in [-0.1, -0.05) is 24.3 Å².